The number of carbonyl (C=O) groups is 3. The molecule has 4 N–H and O–H groups in total. The Balaban J connectivity index is 0.00000423. The molecule has 0 spiro atoms. The lowest BCUT2D eigenvalue weighted by Crippen LogP contribution is -2.55. The van der Waals surface area contributed by atoms with E-state index >= 15 is 0 Å². The van der Waals surface area contributed by atoms with E-state index in [-0.39, 0.29) is 43.2 Å². The van der Waals surface area contributed by atoms with Gasteiger partial charge in [-0.2, -0.15) is 0 Å². The van der Waals surface area contributed by atoms with Crippen LogP contribution in [0.3, 0.4) is 0 Å². The number of carbonyl (C=O) groups excluding carboxylic acids is 3. The molecule has 224 valence electrons. The van der Waals surface area contributed by atoms with E-state index in [4.69, 9.17) is 10.5 Å². The topological polar surface area (TPSA) is 117 Å². The summed E-state index contributed by atoms with van der Waals surface area (Å²) in [5, 5.41) is 7.69. The molecular formula is C32H33BrClN5O4. The number of amides is 3. The van der Waals surface area contributed by atoms with Gasteiger partial charge in [0.2, 0.25) is 5.91 Å². The smallest absolute Gasteiger partial charge is 0.258 e. The number of hydrogen-bond acceptors (Lipinski definition) is 6. The van der Waals surface area contributed by atoms with Crippen LogP contribution in [-0.4, -0.2) is 50.5 Å². The number of hydrogen-bond donors (Lipinski definition) is 3. The summed E-state index contributed by atoms with van der Waals surface area (Å²) >= 11 is 3.54. The molecule has 3 amide bonds. The summed E-state index contributed by atoms with van der Waals surface area (Å²) in [7, 11) is 3.26. The van der Waals surface area contributed by atoms with Crippen LogP contribution in [0.4, 0.5) is 17.1 Å². The van der Waals surface area contributed by atoms with E-state index < -0.39 is 12.1 Å². The van der Waals surface area contributed by atoms with E-state index in [1.807, 2.05) is 54.6 Å². The molecule has 1 aliphatic rings. The van der Waals surface area contributed by atoms with Crippen molar-refractivity contribution in [2.75, 3.05) is 36.2 Å². The Hall–Kier alpha value is -4.12. The normalized spacial score (nSPS) is 15.3. The highest BCUT2D eigenvalue weighted by Crippen LogP contribution is 2.38. The second-order valence-corrected chi connectivity index (χ2v) is 11.0. The Labute approximate surface area is 264 Å². The molecule has 5 rings (SSSR count). The van der Waals surface area contributed by atoms with Crippen LogP contribution >= 0.6 is 28.3 Å². The minimum absolute atomic E-state index is 0. The van der Waals surface area contributed by atoms with Crippen molar-refractivity contribution in [3.05, 3.63) is 94.5 Å². The van der Waals surface area contributed by atoms with Crippen molar-refractivity contribution in [3.8, 4) is 5.75 Å². The highest BCUT2D eigenvalue weighted by atomic mass is 79.9. The fraction of sp³-hybridized carbons (Fsp3) is 0.219. The monoisotopic (exact) mass is 665 g/mol. The maximum Gasteiger partial charge on any atom is 0.258 e. The van der Waals surface area contributed by atoms with Crippen molar-refractivity contribution in [1.82, 2.24) is 10.6 Å². The molecule has 0 unspecified atom stereocenters. The quantitative estimate of drug-likeness (QED) is 0.242. The lowest BCUT2D eigenvalue weighted by molar-refractivity contribution is -0.128. The number of likely N-dealkylation sites (N-methyl/N-ethyl adjacent to an activating group) is 1. The number of halogens is 2. The van der Waals surface area contributed by atoms with Crippen LogP contribution in [0.25, 0.3) is 10.8 Å². The SMILES string of the molecule is CN[C@@H](C)C(=O)N[C@H]1CN(C(=O)c2ccc(N)cc2)c2ccccc2N(Cc2c(OC)ccc3cc(Br)ccc23)C1=O.Cl. The van der Waals surface area contributed by atoms with Gasteiger partial charge in [0.15, 0.2) is 0 Å². The fourth-order valence-corrected chi connectivity index (χ4v) is 5.49. The van der Waals surface area contributed by atoms with Crippen LogP contribution < -0.4 is 30.9 Å². The molecule has 1 heterocycles. The van der Waals surface area contributed by atoms with Gasteiger partial charge in [-0.05, 0) is 79.3 Å². The molecule has 4 aromatic carbocycles. The maximum atomic E-state index is 14.4. The van der Waals surface area contributed by atoms with Crippen LogP contribution in [0.15, 0.2) is 83.3 Å². The van der Waals surface area contributed by atoms with Crippen LogP contribution in [0, 0.1) is 0 Å². The molecule has 0 radical (unpaired) electrons. The first-order chi connectivity index (χ1) is 20.2. The zero-order chi connectivity index (χ0) is 30.0. The van der Waals surface area contributed by atoms with Gasteiger partial charge in [0.25, 0.3) is 11.8 Å². The van der Waals surface area contributed by atoms with Gasteiger partial charge in [-0.1, -0.05) is 40.2 Å². The number of nitrogens with one attached hydrogen (secondary N) is 2. The summed E-state index contributed by atoms with van der Waals surface area (Å²) < 4.78 is 6.67. The summed E-state index contributed by atoms with van der Waals surface area (Å²) in [5.74, 6) is -0.388. The number of nitrogen functional groups attached to an aromatic ring is 1. The third-order valence-electron chi connectivity index (χ3n) is 7.52. The molecule has 2 atom stereocenters. The van der Waals surface area contributed by atoms with Crippen LogP contribution in [0.5, 0.6) is 5.75 Å². The van der Waals surface area contributed by atoms with E-state index in [1.54, 1.807) is 55.1 Å². The first-order valence-corrected chi connectivity index (χ1v) is 14.3. The Kier molecular flexibility index (Phi) is 9.95. The number of anilines is 3. The number of nitrogens with two attached hydrogens (primary N) is 1. The molecule has 43 heavy (non-hydrogen) atoms. The first kappa shape index (κ1) is 31.8. The van der Waals surface area contributed by atoms with Gasteiger partial charge in [0.05, 0.1) is 37.6 Å². The minimum atomic E-state index is -1.02. The second-order valence-electron chi connectivity index (χ2n) is 10.1. The van der Waals surface area contributed by atoms with E-state index in [2.05, 4.69) is 26.6 Å². The molecule has 0 saturated carbocycles. The van der Waals surface area contributed by atoms with E-state index in [0.717, 1.165) is 20.8 Å². The molecule has 4 aromatic rings. The largest absolute Gasteiger partial charge is 0.496 e. The van der Waals surface area contributed by atoms with E-state index in [9.17, 15) is 14.4 Å². The van der Waals surface area contributed by atoms with Crippen molar-refractivity contribution in [2.45, 2.75) is 25.6 Å². The van der Waals surface area contributed by atoms with Gasteiger partial charge in [-0.15, -0.1) is 12.4 Å². The molecule has 9 nitrogen and oxygen atoms in total. The summed E-state index contributed by atoms with van der Waals surface area (Å²) in [6.45, 7) is 1.80. The number of methoxy groups -OCH3 is 1. The molecule has 0 bridgehead atoms. The van der Waals surface area contributed by atoms with Crippen molar-refractivity contribution in [2.24, 2.45) is 0 Å². The lowest BCUT2D eigenvalue weighted by atomic mass is 10.0. The van der Waals surface area contributed by atoms with Gasteiger partial charge < -0.3 is 30.9 Å². The third-order valence-corrected chi connectivity index (χ3v) is 8.02. The van der Waals surface area contributed by atoms with Crippen molar-refractivity contribution >= 4 is 73.9 Å². The number of ether oxygens (including phenoxy) is 1. The number of rotatable bonds is 7. The van der Waals surface area contributed by atoms with Gasteiger partial charge in [-0.25, -0.2) is 0 Å². The number of nitrogens with zero attached hydrogens (tertiary/aromatic N) is 2. The number of fused-ring (bicyclic) bond motifs is 2. The summed E-state index contributed by atoms with van der Waals surface area (Å²) in [6, 6.07) is 22.1. The third kappa shape index (κ3) is 6.46. The Morgan fingerprint density at radius 2 is 1.74 bits per heavy atom. The molecule has 0 aliphatic carbocycles. The van der Waals surface area contributed by atoms with Crippen LogP contribution in [-0.2, 0) is 16.1 Å². The van der Waals surface area contributed by atoms with Crippen molar-refractivity contribution < 1.29 is 19.1 Å². The zero-order valence-electron chi connectivity index (χ0n) is 24.0. The average Bonchev–Trinajstić information content (AvgIpc) is 3.11. The number of para-hydroxylation sites is 2. The average molecular weight is 667 g/mol. The van der Waals surface area contributed by atoms with Gasteiger partial charge >= 0.3 is 0 Å². The van der Waals surface area contributed by atoms with E-state index in [1.165, 1.54) is 0 Å². The molecular weight excluding hydrogens is 634 g/mol. The van der Waals surface area contributed by atoms with E-state index in [0.29, 0.717) is 28.4 Å². The van der Waals surface area contributed by atoms with Crippen molar-refractivity contribution in [3.63, 3.8) is 0 Å². The number of benzene rings is 4. The van der Waals surface area contributed by atoms with Gasteiger partial charge in [-0.3, -0.25) is 14.4 Å². The molecule has 1 aliphatic heterocycles. The minimum Gasteiger partial charge on any atom is -0.496 e. The molecule has 0 aromatic heterocycles. The maximum absolute atomic E-state index is 14.4. The van der Waals surface area contributed by atoms with Gasteiger partial charge in [0, 0.05) is 21.3 Å². The highest BCUT2D eigenvalue weighted by Gasteiger charge is 2.38. The van der Waals surface area contributed by atoms with Crippen LogP contribution in [0.1, 0.15) is 22.8 Å². The standard InChI is InChI=1S/C32H32BrN5O4.ClH/c1-19(35-2)30(39)36-26-18-38(31(40)20-8-12-23(34)13-9-20)28-7-5-4-6-27(28)37(32(26)41)17-25-24-14-11-22(33)16-21(24)10-15-29(25)42-3;/h4-16,19,26,35H,17-18,34H2,1-3H3,(H,36,39);1H/t19-,26-;/m0./s1. The molecule has 0 fully saturated rings. The summed E-state index contributed by atoms with van der Waals surface area (Å²) in [4.78, 5) is 44.5. The molecule has 11 heteroatoms. The summed E-state index contributed by atoms with van der Waals surface area (Å²) in [5.41, 5.74) is 8.70. The predicted molar refractivity (Wildman–Crippen MR) is 176 cm³/mol. The summed E-state index contributed by atoms with van der Waals surface area (Å²) in [6.07, 6.45) is 0. The Morgan fingerprint density at radius 3 is 2.42 bits per heavy atom. The van der Waals surface area contributed by atoms with Gasteiger partial charge in [0.1, 0.15) is 11.8 Å². The molecule has 0 saturated heterocycles. The van der Waals surface area contributed by atoms with Crippen LogP contribution in [0.2, 0.25) is 0 Å². The van der Waals surface area contributed by atoms with Crippen molar-refractivity contribution in [1.29, 1.82) is 0 Å². The first-order valence-electron chi connectivity index (χ1n) is 13.5. The highest BCUT2D eigenvalue weighted by molar-refractivity contribution is 9.10. The second kappa shape index (κ2) is 13.5. The fourth-order valence-electron chi connectivity index (χ4n) is 5.12. The Bertz CT molecular complexity index is 1670. The Morgan fingerprint density at radius 1 is 1.05 bits per heavy atom. The predicted octanol–water partition coefficient (Wildman–Crippen LogP) is 4.90. The zero-order valence-corrected chi connectivity index (χ0v) is 26.4. The lowest BCUT2D eigenvalue weighted by Gasteiger charge is -2.27.